The molecule has 0 saturated heterocycles. The number of carbonyl (C=O) groups excluding carboxylic acids is 1. The molecule has 1 atom stereocenters. The minimum atomic E-state index is -0.186. The zero-order chi connectivity index (χ0) is 17.4. The molecule has 24 heavy (non-hydrogen) atoms. The Kier molecular flexibility index (Phi) is 6.62. The number of carbonyl (C=O) groups is 1. The molecule has 2 rings (SSSR count). The summed E-state index contributed by atoms with van der Waals surface area (Å²) in [5, 5.41) is 10.1. The van der Waals surface area contributed by atoms with E-state index in [2.05, 4.69) is 15.7 Å². The number of rotatable bonds is 8. The average Bonchev–Trinajstić information content (AvgIpc) is 2.93. The molecule has 0 aliphatic heterocycles. The molecule has 0 bridgehead atoms. The fourth-order valence-electron chi connectivity index (χ4n) is 2.38. The van der Waals surface area contributed by atoms with E-state index in [4.69, 9.17) is 10.5 Å². The Morgan fingerprint density at radius 1 is 1.38 bits per heavy atom. The number of aromatic nitrogens is 2. The van der Waals surface area contributed by atoms with Gasteiger partial charge in [0.15, 0.2) is 0 Å². The maximum Gasteiger partial charge on any atom is 0.315 e. The monoisotopic (exact) mass is 331 g/mol. The molecule has 7 nitrogen and oxygen atoms in total. The van der Waals surface area contributed by atoms with E-state index in [1.165, 1.54) is 0 Å². The zero-order valence-corrected chi connectivity index (χ0v) is 14.2. The van der Waals surface area contributed by atoms with Gasteiger partial charge >= 0.3 is 6.03 Å². The molecule has 0 saturated carbocycles. The van der Waals surface area contributed by atoms with E-state index in [-0.39, 0.29) is 12.1 Å². The topological polar surface area (TPSA) is 94.2 Å². The van der Waals surface area contributed by atoms with Crippen molar-refractivity contribution in [1.29, 1.82) is 0 Å². The van der Waals surface area contributed by atoms with Crippen molar-refractivity contribution in [3.8, 4) is 5.69 Å². The highest BCUT2D eigenvalue weighted by atomic mass is 16.5. The van der Waals surface area contributed by atoms with Crippen LogP contribution in [0.1, 0.15) is 19.0 Å². The van der Waals surface area contributed by atoms with Crippen LogP contribution in [0.25, 0.3) is 5.69 Å². The number of ether oxygens (including phenoxy) is 1. The van der Waals surface area contributed by atoms with Gasteiger partial charge in [0.2, 0.25) is 0 Å². The van der Waals surface area contributed by atoms with Crippen molar-refractivity contribution in [2.45, 2.75) is 25.8 Å². The van der Waals surface area contributed by atoms with E-state index >= 15 is 0 Å². The molecule has 0 spiro atoms. The molecule has 2 aromatic rings. The summed E-state index contributed by atoms with van der Waals surface area (Å²) in [5.74, 6) is 0.607. The number of nitrogen functional groups attached to an aromatic ring is 1. The number of nitrogens with one attached hydrogen (secondary N) is 2. The van der Waals surface area contributed by atoms with E-state index in [1.54, 1.807) is 11.8 Å². The number of hydrogen-bond donors (Lipinski definition) is 3. The van der Waals surface area contributed by atoms with Crippen molar-refractivity contribution < 1.29 is 9.53 Å². The molecule has 4 N–H and O–H groups in total. The van der Waals surface area contributed by atoms with E-state index < -0.39 is 0 Å². The first kappa shape index (κ1) is 17.8. The predicted octanol–water partition coefficient (Wildman–Crippen LogP) is 1.72. The molecule has 130 valence electrons. The van der Waals surface area contributed by atoms with Gasteiger partial charge in [-0.15, -0.1) is 0 Å². The molecule has 1 aromatic carbocycles. The molecule has 2 amide bonds. The van der Waals surface area contributed by atoms with Crippen LogP contribution in [0.5, 0.6) is 0 Å². The van der Waals surface area contributed by atoms with Crippen LogP contribution in [0, 0.1) is 0 Å². The summed E-state index contributed by atoms with van der Waals surface area (Å²) in [5.41, 5.74) is 7.86. The van der Waals surface area contributed by atoms with Crippen LogP contribution < -0.4 is 16.4 Å². The average molecular weight is 331 g/mol. The normalized spacial score (nSPS) is 11.9. The number of hydrogen-bond acceptors (Lipinski definition) is 4. The summed E-state index contributed by atoms with van der Waals surface area (Å²) in [4.78, 5) is 11.7. The van der Waals surface area contributed by atoms with Crippen LogP contribution >= 0.6 is 0 Å². The van der Waals surface area contributed by atoms with Crippen molar-refractivity contribution in [1.82, 2.24) is 20.4 Å². The first-order valence-electron chi connectivity index (χ1n) is 8.03. The van der Waals surface area contributed by atoms with Crippen LogP contribution in [0.2, 0.25) is 0 Å². The lowest BCUT2D eigenvalue weighted by atomic mass is 10.2. The molecular weight excluding hydrogens is 306 g/mol. The van der Waals surface area contributed by atoms with Gasteiger partial charge in [-0.05, 0) is 31.9 Å². The van der Waals surface area contributed by atoms with Crippen LogP contribution in [0.4, 0.5) is 10.6 Å². The highest BCUT2D eigenvalue weighted by Gasteiger charge is 2.08. The molecule has 1 aromatic heterocycles. The quantitative estimate of drug-likeness (QED) is 0.642. The number of amides is 2. The van der Waals surface area contributed by atoms with Gasteiger partial charge in [-0.3, -0.25) is 0 Å². The van der Waals surface area contributed by atoms with Gasteiger partial charge in [0.05, 0.1) is 24.0 Å². The van der Waals surface area contributed by atoms with E-state index in [1.807, 2.05) is 43.3 Å². The lowest BCUT2D eigenvalue weighted by Gasteiger charge is -2.13. The van der Waals surface area contributed by atoms with E-state index in [0.29, 0.717) is 19.0 Å². The number of anilines is 1. The largest absolute Gasteiger partial charge is 0.384 e. The first-order chi connectivity index (χ1) is 11.6. The van der Waals surface area contributed by atoms with Crippen LogP contribution in [0.15, 0.2) is 36.4 Å². The van der Waals surface area contributed by atoms with Crippen molar-refractivity contribution in [2.24, 2.45) is 0 Å². The summed E-state index contributed by atoms with van der Waals surface area (Å²) in [6, 6.07) is 11.4. The van der Waals surface area contributed by atoms with Crippen molar-refractivity contribution >= 4 is 11.8 Å². The first-order valence-corrected chi connectivity index (χ1v) is 8.03. The van der Waals surface area contributed by atoms with Gasteiger partial charge in [0.25, 0.3) is 0 Å². The fraction of sp³-hybridized carbons (Fsp3) is 0.412. The number of benzene rings is 1. The van der Waals surface area contributed by atoms with Crippen LogP contribution in [-0.4, -0.2) is 42.1 Å². The van der Waals surface area contributed by atoms with Gasteiger partial charge < -0.3 is 21.1 Å². The Morgan fingerprint density at radius 3 is 2.83 bits per heavy atom. The highest BCUT2D eigenvalue weighted by molar-refractivity contribution is 5.74. The Bertz CT molecular complexity index is 642. The maximum atomic E-state index is 11.7. The Morgan fingerprint density at radius 2 is 2.12 bits per heavy atom. The SMILES string of the molecule is COC[C@H](C)NC(=O)NCCCc1cc(N)n(-c2ccccc2)n1. The predicted molar refractivity (Wildman–Crippen MR) is 94.2 cm³/mol. The minimum absolute atomic E-state index is 0.0173. The van der Waals surface area contributed by atoms with Crippen molar-refractivity contribution in [3.05, 3.63) is 42.1 Å². The maximum absolute atomic E-state index is 11.7. The smallest absolute Gasteiger partial charge is 0.315 e. The third-order valence-corrected chi connectivity index (χ3v) is 3.48. The van der Waals surface area contributed by atoms with Gasteiger partial charge in [0, 0.05) is 19.7 Å². The number of nitrogens with zero attached hydrogens (tertiary/aromatic N) is 2. The van der Waals surface area contributed by atoms with E-state index in [9.17, 15) is 4.79 Å². The Labute approximate surface area is 142 Å². The molecule has 0 fully saturated rings. The van der Waals surface area contributed by atoms with Crippen molar-refractivity contribution in [3.63, 3.8) is 0 Å². The summed E-state index contributed by atoms with van der Waals surface area (Å²) >= 11 is 0. The van der Waals surface area contributed by atoms with Gasteiger partial charge in [-0.2, -0.15) is 5.10 Å². The van der Waals surface area contributed by atoms with Crippen LogP contribution in [-0.2, 0) is 11.2 Å². The van der Waals surface area contributed by atoms with Gasteiger partial charge in [-0.1, -0.05) is 18.2 Å². The zero-order valence-electron chi connectivity index (χ0n) is 14.2. The number of urea groups is 1. The number of para-hydroxylation sites is 1. The number of nitrogens with two attached hydrogens (primary N) is 1. The van der Waals surface area contributed by atoms with Crippen molar-refractivity contribution in [2.75, 3.05) is 26.0 Å². The van der Waals surface area contributed by atoms with Gasteiger partial charge in [-0.25, -0.2) is 9.48 Å². The van der Waals surface area contributed by atoms with Gasteiger partial charge in [0.1, 0.15) is 5.82 Å². The summed E-state index contributed by atoms with van der Waals surface area (Å²) in [6.45, 7) is 2.95. The standard InChI is InChI=1S/C17H25N5O2/c1-13(12-24-2)20-17(23)19-10-6-7-14-11-16(18)22(21-14)15-8-4-3-5-9-15/h3-5,8-9,11,13H,6-7,10,12,18H2,1-2H3,(H2,19,20,23)/t13-/m0/s1. The fourth-order valence-corrected chi connectivity index (χ4v) is 2.38. The summed E-state index contributed by atoms with van der Waals surface area (Å²) < 4.78 is 6.70. The van der Waals surface area contributed by atoms with E-state index in [0.717, 1.165) is 24.2 Å². The second kappa shape index (κ2) is 8.93. The summed E-state index contributed by atoms with van der Waals surface area (Å²) in [6.07, 6.45) is 1.54. The third-order valence-electron chi connectivity index (χ3n) is 3.48. The second-order valence-corrected chi connectivity index (χ2v) is 5.67. The molecule has 0 aliphatic rings. The third kappa shape index (κ3) is 5.27. The lowest BCUT2D eigenvalue weighted by molar-refractivity contribution is 0.171. The second-order valence-electron chi connectivity index (χ2n) is 5.67. The molecule has 0 aliphatic carbocycles. The Balaban J connectivity index is 1.76. The lowest BCUT2D eigenvalue weighted by Crippen LogP contribution is -2.42. The molecule has 1 heterocycles. The summed E-state index contributed by atoms with van der Waals surface area (Å²) in [7, 11) is 1.61. The molecular formula is C17H25N5O2. The molecule has 0 unspecified atom stereocenters. The minimum Gasteiger partial charge on any atom is -0.384 e. The molecule has 7 heteroatoms. The number of aryl methyl sites for hydroxylation is 1. The van der Waals surface area contributed by atoms with Crippen LogP contribution in [0.3, 0.4) is 0 Å². The number of methoxy groups -OCH3 is 1. The Hall–Kier alpha value is -2.54. The molecule has 0 radical (unpaired) electrons. The highest BCUT2D eigenvalue weighted by Crippen LogP contribution is 2.14.